The summed E-state index contributed by atoms with van der Waals surface area (Å²) in [7, 11) is 1.90. The molecule has 3 fully saturated rings. The van der Waals surface area contributed by atoms with Crippen molar-refractivity contribution in [3.8, 4) is 0 Å². The Morgan fingerprint density at radius 3 is 2.62 bits per heavy atom. The van der Waals surface area contributed by atoms with Gasteiger partial charge < -0.3 is 10.1 Å². The molecule has 0 atom stereocenters. The third kappa shape index (κ3) is 2.25. The molecule has 0 aliphatic heterocycles. The lowest BCUT2D eigenvalue weighted by molar-refractivity contribution is -0.162. The van der Waals surface area contributed by atoms with E-state index in [2.05, 4.69) is 20.4 Å². The van der Waals surface area contributed by atoms with Gasteiger partial charge in [-0.2, -0.15) is 5.10 Å². The molecule has 5 rings (SSSR count). The van der Waals surface area contributed by atoms with Gasteiger partial charge in [-0.05, 0) is 45.4 Å². The highest BCUT2D eigenvalue weighted by Crippen LogP contribution is 2.54. The number of esters is 1. The summed E-state index contributed by atoms with van der Waals surface area (Å²) in [6.45, 7) is 2.34. The Morgan fingerprint density at radius 1 is 1.25 bits per heavy atom. The molecule has 24 heavy (non-hydrogen) atoms. The first-order chi connectivity index (χ1) is 11.6. The van der Waals surface area contributed by atoms with Crippen molar-refractivity contribution in [2.75, 3.05) is 11.9 Å². The van der Waals surface area contributed by atoms with Gasteiger partial charge in [-0.1, -0.05) is 0 Å². The molecule has 3 aliphatic carbocycles. The molecule has 0 spiro atoms. The van der Waals surface area contributed by atoms with E-state index in [0.717, 1.165) is 55.4 Å². The summed E-state index contributed by atoms with van der Waals surface area (Å²) in [5.41, 5.74) is 1.53. The van der Waals surface area contributed by atoms with Crippen molar-refractivity contribution in [3.63, 3.8) is 0 Å². The van der Waals surface area contributed by atoms with Gasteiger partial charge in [-0.25, -0.2) is 9.97 Å². The van der Waals surface area contributed by atoms with E-state index < -0.39 is 0 Å². The van der Waals surface area contributed by atoms with Crippen LogP contribution in [-0.2, 0) is 16.6 Å². The van der Waals surface area contributed by atoms with Gasteiger partial charge in [0.1, 0.15) is 17.4 Å². The number of rotatable bonds is 4. The zero-order valence-corrected chi connectivity index (χ0v) is 14.2. The minimum atomic E-state index is -0.257. The second kappa shape index (κ2) is 5.43. The van der Waals surface area contributed by atoms with E-state index in [1.165, 1.54) is 0 Å². The Kier molecular flexibility index (Phi) is 3.47. The Balaban J connectivity index is 1.57. The molecule has 0 saturated heterocycles. The lowest BCUT2D eigenvalue weighted by Crippen LogP contribution is -2.53. The summed E-state index contributed by atoms with van der Waals surface area (Å²) in [6, 6.07) is 0. The normalized spacial score (nSPS) is 28.9. The Hall–Kier alpha value is -2.18. The van der Waals surface area contributed by atoms with Crippen LogP contribution in [0.5, 0.6) is 0 Å². The third-order valence-electron chi connectivity index (χ3n) is 5.87. The Bertz CT molecular complexity index is 760. The van der Waals surface area contributed by atoms with Crippen LogP contribution in [0, 0.1) is 5.41 Å². The molecule has 2 aromatic heterocycles. The van der Waals surface area contributed by atoms with E-state index in [1.807, 2.05) is 18.7 Å². The molecular formula is C17H23N5O2. The molecule has 2 bridgehead atoms. The molecule has 0 unspecified atom stereocenters. The third-order valence-corrected chi connectivity index (χ3v) is 5.87. The molecule has 0 radical (unpaired) electrons. The summed E-state index contributed by atoms with van der Waals surface area (Å²) in [5, 5.41) is 7.95. The predicted octanol–water partition coefficient (Wildman–Crippen LogP) is 2.43. The zero-order valence-electron chi connectivity index (χ0n) is 14.2. The molecule has 128 valence electrons. The van der Waals surface area contributed by atoms with Crippen molar-refractivity contribution in [2.45, 2.75) is 51.0 Å². The van der Waals surface area contributed by atoms with Crippen LogP contribution in [0.3, 0.4) is 0 Å². The van der Waals surface area contributed by atoms with Crippen LogP contribution in [0.25, 0.3) is 11.0 Å². The second-order valence-corrected chi connectivity index (χ2v) is 7.13. The van der Waals surface area contributed by atoms with Gasteiger partial charge in [0.2, 0.25) is 0 Å². The number of anilines is 1. The molecule has 0 aromatic carbocycles. The number of fused-ring (bicyclic) bond motifs is 4. The molecule has 2 heterocycles. The molecule has 7 nitrogen and oxygen atoms in total. The van der Waals surface area contributed by atoms with E-state index in [9.17, 15) is 4.79 Å². The summed E-state index contributed by atoms with van der Waals surface area (Å²) in [5.74, 6) is 0.833. The monoisotopic (exact) mass is 329 g/mol. The average molecular weight is 329 g/mol. The van der Waals surface area contributed by atoms with Crippen LogP contribution in [0.1, 0.15) is 45.4 Å². The highest BCUT2D eigenvalue weighted by Gasteiger charge is 2.53. The summed E-state index contributed by atoms with van der Waals surface area (Å²) in [6.07, 6.45) is 8.90. The highest BCUT2D eigenvalue weighted by molar-refractivity contribution is 5.85. The molecule has 1 N–H and O–H groups in total. The number of aromatic nitrogens is 4. The minimum Gasteiger partial charge on any atom is -0.466 e. The quantitative estimate of drug-likeness (QED) is 0.868. The number of hydrogen-bond donors (Lipinski definition) is 1. The SMILES string of the molecule is CCOC(=O)C12CCC(Nc3ncnc4cnn(C)c34)(CC1)CC2. The standard InChI is InChI=1S/C17H23N5O2/c1-3-24-15(23)16-4-7-17(8-5-16,9-6-16)21-14-13-12(18-11-19-14)10-20-22(13)2/h10-11H,3-9H2,1-2H3,(H,18,19,21). The topological polar surface area (TPSA) is 81.9 Å². The average Bonchev–Trinajstić information content (AvgIpc) is 2.99. The van der Waals surface area contributed by atoms with E-state index >= 15 is 0 Å². The zero-order chi connectivity index (χ0) is 16.8. The van der Waals surface area contributed by atoms with Gasteiger partial charge in [0.05, 0.1) is 18.2 Å². The fourth-order valence-electron chi connectivity index (χ4n) is 4.31. The highest BCUT2D eigenvalue weighted by atomic mass is 16.5. The van der Waals surface area contributed by atoms with E-state index in [1.54, 1.807) is 12.5 Å². The number of hydrogen-bond acceptors (Lipinski definition) is 6. The molecule has 0 amide bonds. The van der Waals surface area contributed by atoms with Crippen molar-refractivity contribution < 1.29 is 9.53 Å². The fraction of sp³-hybridized carbons (Fsp3) is 0.647. The number of aryl methyl sites for hydroxylation is 1. The lowest BCUT2D eigenvalue weighted by Gasteiger charge is -2.52. The first kappa shape index (κ1) is 15.4. The fourth-order valence-corrected chi connectivity index (χ4v) is 4.31. The number of ether oxygens (including phenoxy) is 1. The molecule has 2 aromatic rings. The summed E-state index contributed by atoms with van der Waals surface area (Å²) < 4.78 is 7.13. The van der Waals surface area contributed by atoms with Crippen LogP contribution >= 0.6 is 0 Å². The van der Waals surface area contributed by atoms with Gasteiger partial charge in [-0.3, -0.25) is 9.48 Å². The van der Waals surface area contributed by atoms with Crippen LogP contribution in [0.4, 0.5) is 5.82 Å². The number of nitrogens with one attached hydrogen (secondary N) is 1. The Morgan fingerprint density at radius 2 is 1.96 bits per heavy atom. The number of nitrogens with zero attached hydrogens (tertiary/aromatic N) is 4. The Labute approximate surface area is 140 Å². The van der Waals surface area contributed by atoms with E-state index in [0.29, 0.717) is 6.61 Å². The summed E-state index contributed by atoms with van der Waals surface area (Å²) >= 11 is 0. The maximum atomic E-state index is 12.3. The van der Waals surface area contributed by atoms with Gasteiger partial charge in [-0.15, -0.1) is 0 Å². The lowest BCUT2D eigenvalue weighted by atomic mass is 9.57. The van der Waals surface area contributed by atoms with Gasteiger partial charge >= 0.3 is 5.97 Å². The number of carbonyl (C=O) groups is 1. The van der Waals surface area contributed by atoms with Crippen molar-refractivity contribution in [2.24, 2.45) is 12.5 Å². The first-order valence-electron chi connectivity index (χ1n) is 8.66. The van der Waals surface area contributed by atoms with Gasteiger partial charge in [0, 0.05) is 12.6 Å². The minimum absolute atomic E-state index is 0.00522. The van der Waals surface area contributed by atoms with Crippen molar-refractivity contribution in [1.82, 2.24) is 19.7 Å². The molecule has 3 aliphatic rings. The van der Waals surface area contributed by atoms with Gasteiger partial charge in [0.25, 0.3) is 0 Å². The van der Waals surface area contributed by atoms with Crippen molar-refractivity contribution in [1.29, 1.82) is 0 Å². The van der Waals surface area contributed by atoms with E-state index in [-0.39, 0.29) is 16.9 Å². The largest absolute Gasteiger partial charge is 0.466 e. The van der Waals surface area contributed by atoms with Crippen molar-refractivity contribution in [3.05, 3.63) is 12.5 Å². The van der Waals surface area contributed by atoms with Crippen LogP contribution in [-0.4, -0.2) is 37.9 Å². The van der Waals surface area contributed by atoms with Crippen LogP contribution in [0.15, 0.2) is 12.5 Å². The first-order valence-corrected chi connectivity index (χ1v) is 8.66. The van der Waals surface area contributed by atoms with Crippen LogP contribution in [0.2, 0.25) is 0 Å². The summed E-state index contributed by atoms with van der Waals surface area (Å²) in [4.78, 5) is 21.1. The molecule has 3 saturated carbocycles. The maximum Gasteiger partial charge on any atom is 0.312 e. The maximum absolute atomic E-state index is 12.3. The predicted molar refractivity (Wildman–Crippen MR) is 89.4 cm³/mol. The number of carbonyl (C=O) groups excluding carboxylic acids is 1. The van der Waals surface area contributed by atoms with E-state index in [4.69, 9.17) is 4.74 Å². The smallest absolute Gasteiger partial charge is 0.312 e. The van der Waals surface area contributed by atoms with Crippen LogP contribution < -0.4 is 5.32 Å². The second-order valence-electron chi connectivity index (χ2n) is 7.13. The molecular weight excluding hydrogens is 306 g/mol. The van der Waals surface area contributed by atoms with Gasteiger partial charge in [0.15, 0.2) is 5.82 Å². The van der Waals surface area contributed by atoms with Crippen molar-refractivity contribution >= 4 is 22.8 Å². The molecule has 7 heteroatoms.